The molecule has 2 heterocycles. The van der Waals surface area contributed by atoms with Gasteiger partial charge in [0.2, 0.25) is 0 Å². The second kappa shape index (κ2) is 4.64. The van der Waals surface area contributed by atoms with Gasteiger partial charge in [-0.3, -0.25) is 0 Å². The average molecular weight is 254 g/mol. The van der Waals surface area contributed by atoms with Crippen molar-refractivity contribution in [1.82, 2.24) is 30.0 Å². The summed E-state index contributed by atoms with van der Waals surface area (Å²) in [6.07, 6.45) is 6.98. The highest BCUT2D eigenvalue weighted by Gasteiger charge is 2.08. The zero-order chi connectivity index (χ0) is 13.2. The molecule has 0 fully saturated rings. The number of rotatable bonds is 3. The van der Waals surface area contributed by atoms with Gasteiger partial charge in [0, 0.05) is 0 Å². The summed E-state index contributed by atoms with van der Waals surface area (Å²) < 4.78 is 3.48. The first-order chi connectivity index (χ1) is 9.24. The molecule has 0 aliphatic rings. The molecule has 0 aliphatic carbocycles. The predicted molar refractivity (Wildman–Crippen MR) is 70.4 cm³/mol. The molecule has 0 saturated carbocycles. The molecule has 0 unspecified atom stereocenters. The predicted octanol–water partition coefficient (Wildman–Crippen LogP) is 1.97. The third-order valence-electron chi connectivity index (χ3n) is 2.97. The van der Waals surface area contributed by atoms with Gasteiger partial charge < -0.3 is 0 Å². The highest BCUT2D eigenvalue weighted by molar-refractivity contribution is 5.47. The van der Waals surface area contributed by atoms with Gasteiger partial charge >= 0.3 is 0 Å². The lowest BCUT2D eigenvalue weighted by atomic mass is 10.0. The van der Waals surface area contributed by atoms with Gasteiger partial charge in [-0.25, -0.2) is 9.36 Å². The Labute approximate surface area is 110 Å². The second-order valence-corrected chi connectivity index (χ2v) is 4.63. The van der Waals surface area contributed by atoms with E-state index in [0.717, 1.165) is 11.4 Å². The van der Waals surface area contributed by atoms with Gasteiger partial charge in [0.1, 0.15) is 0 Å². The third-order valence-corrected chi connectivity index (χ3v) is 2.97. The van der Waals surface area contributed by atoms with E-state index in [4.69, 9.17) is 0 Å². The summed E-state index contributed by atoms with van der Waals surface area (Å²) in [5, 5.41) is 15.7. The zero-order valence-corrected chi connectivity index (χ0v) is 10.8. The van der Waals surface area contributed by atoms with Gasteiger partial charge in [-0.05, 0) is 29.7 Å². The van der Waals surface area contributed by atoms with Crippen LogP contribution < -0.4 is 0 Å². The van der Waals surface area contributed by atoms with Gasteiger partial charge in [-0.15, -0.1) is 10.2 Å². The fourth-order valence-electron chi connectivity index (χ4n) is 1.91. The van der Waals surface area contributed by atoms with Crippen LogP contribution in [-0.2, 0) is 0 Å². The molecule has 3 aromatic rings. The van der Waals surface area contributed by atoms with Crippen molar-refractivity contribution in [2.75, 3.05) is 0 Å². The fourth-order valence-corrected chi connectivity index (χ4v) is 1.91. The molecular weight excluding hydrogens is 240 g/mol. The van der Waals surface area contributed by atoms with Crippen molar-refractivity contribution in [1.29, 1.82) is 0 Å². The van der Waals surface area contributed by atoms with Crippen molar-refractivity contribution in [2.45, 2.75) is 19.8 Å². The van der Waals surface area contributed by atoms with Gasteiger partial charge in [0.15, 0.2) is 0 Å². The Hall–Kier alpha value is -2.50. The van der Waals surface area contributed by atoms with Crippen molar-refractivity contribution in [3.8, 4) is 11.4 Å². The number of aromatic nitrogens is 6. The topological polar surface area (TPSA) is 61.4 Å². The van der Waals surface area contributed by atoms with Crippen LogP contribution in [0.1, 0.15) is 25.3 Å². The van der Waals surface area contributed by atoms with E-state index >= 15 is 0 Å². The zero-order valence-electron chi connectivity index (χ0n) is 10.8. The minimum Gasteiger partial charge on any atom is -0.221 e. The summed E-state index contributed by atoms with van der Waals surface area (Å²) in [5.41, 5.74) is 3.15. The van der Waals surface area contributed by atoms with Crippen molar-refractivity contribution in [3.05, 3.63) is 48.5 Å². The number of nitrogens with zero attached hydrogens (tertiary/aromatic N) is 6. The first kappa shape index (κ1) is 11.6. The van der Waals surface area contributed by atoms with E-state index in [0.29, 0.717) is 5.92 Å². The maximum absolute atomic E-state index is 4.03. The lowest BCUT2D eigenvalue weighted by molar-refractivity contribution is 0.775. The molecule has 0 bridgehead atoms. The van der Waals surface area contributed by atoms with Gasteiger partial charge in [0.05, 0.1) is 36.2 Å². The quantitative estimate of drug-likeness (QED) is 0.717. The molecule has 96 valence electrons. The third kappa shape index (κ3) is 2.24. The molecule has 0 atom stereocenters. The fraction of sp³-hybridized carbons (Fsp3) is 0.231. The monoisotopic (exact) mass is 254 g/mol. The van der Waals surface area contributed by atoms with Gasteiger partial charge in [0.25, 0.3) is 0 Å². The molecule has 0 saturated heterocycles. The van der Waals surface area contributed by atoms with E-state index in [9.17, 15) is 0 Å². The van der Waals surface area contributed by atoms with E-state index in [1.807, 2.05) is 18.5 Å². The second-order valence-electron chi connectivity index (χ2n) is 4.63. The molecule has 0 radical (unpaired) electrons. The van der Waals surface area contributed by atoms with E-state index in [1.165, 1.54) is 5.56 Å². The van der Waals surface area contributed by atoms with E-state index < -0.39 is 0 Å². The van der Waals surface area contributed by atoms with Crippen molar-refractivity contribution in [2.24, 2.45) is 0 Å². The Morgan fingerprint density at radius 3 is 1.74 bits per heavy atom. The molecule has 6 heteroatoms. The molecule has 6 nitrogen and oxygen atoms in total. The van der Waals surface area contributed by atoms with Crippen LogP contribution >= 0.6 is 0 Å². The lowest BCUT2D eigenvalue weighted by Gasteiger charge is -2.11. The molecule has 0 spiro atoms. The first-order valence-corrected chi connectivity index (χ1v) is 6.12. The largest absolute Gasteiger partial charge is 0.221 e. The normalized spacial score (nSPS) is 11.1. The first-order valence-electron chi connectivity index (χ1n) is 6.12. The smallest absolute Gasteiger partial charge is 0.0697 e. The van der Waals surface area contributed by atoms with Crippen molar-refractivity contribution < 1.29 is 0 Å². The van der Waals surface area contributed by atoms with E-state index in [1.54, 1.807) is 21.8 Å². The maximum atomic E-state index is 4.03. The Balaban J connectivity index is 2.15. The number of hydrogen-bond acceptors (Lipinski definition) is 4. The van der Waals surface area contributed by atoms with Crippen LogP contribution in [0.2, 0.25) is 0 Å². The van der Waals surface area contributed by atoms with E-state index in [2.05, 4.69) is 46.6 Å². The van der Waals surface area contributed by atoms with Crippen LogP contribution in [-0.4, -0.2) is 30.0 Å². The van der Waals surface area contributed by atoms with Crippen molar-refractivity contribution in [3.63, 3.8) is 0 Å². The van der Waals surface area contributed by atoms with Gasteiger partial charge in [-0.2, -0.15) is 0 Å². The SMILES string of the molecule is CC(C)c1cc(-n2ccnn2)cc(-n2ccnn2)c1. The summed E-state index contributed by atoms with van der Waals surface area (Å²) >= 11 is 0. The molecule has 0 N–H and O–H groups in total. The van der Waals surface area contributed by atoms with Crippen LogP contribution in [0, 0.1) is 0 Å². The molecular formula is C13H14N6. The van der Waals surface area contributed by atoms with Crippen LogP contribution in [0.15, 0.2) is 43.0 Å². The molecule has 2 aromatic heterocycles. The number of hydrogen-bond donors (Lipinski definition) is 0. The van der Waals surface area contributed by atoms with Crippen molar-refractivity contribution >= 4 is 0 Å². The summed E-state index contributed by atoms with van der Waals surface area (Å²) in [5.74, 6) is 0.422. The Morgan fingerprint density at radius 2 is 1.37 bits per heavy atom. The summed E-state index contributed by atoms with van der Waals surface area (Å²) in [4.78, 5) is 0. The lowest BCUT2D eigenvalue weighted by Crippen LogP contribution is -2.03. The summed E-state index contributed by atoms with van der Waals surface area (Å²) in [7, 11) is 0. The highest BCUT2D eigenvalue weighted by atomic mass is 15.4. The summed E-state index contributed by atoms with van der Waals surface area (Å²) in [6.45, 7) is 4.32. The standard InChI is InChI=1S/C13H14N6/c1-10(2)11-7-12(18-5-3-14-16-18)9-13(8-11)19-6-4-15-17-19/h3-10H,1-2H3. The maximum Gasteiger partial charge on any atom is 0.0697 e. The molecule has 1 aromatic carbocycles. The molecule has 0 amide bonds. The Kier molecular flexibility index (Phi) is 2.83. The Morgan fingerprint density at radius 1 is 0.842 bits per heavy atom. The molecule has 0 aliphatic heterocycles. The molecule has 3 rings (SSSR count). The van der Waals surface area contributed by atoms with Crippen LogP contribution in [0.4, 0.5) is 0 Å². The average Bonchev–Trinajstić information content (AvgIpc) is 3.11. The van der Waals surface area contributed by atoms with Crippen LogP contribution in [0.5, 0.6) is 0 Å². The summed E-state index contributed by atoms with van der Waals surface area (Å²) in [6, 6.07) is 6.23. The van der Waals surface area contributed by atoms with Crippen LogP contribution in [0.25, 0.3) is 11.4 Å². The van der Waals surface area contributed by atoms with Crippen LogP contribution in [0.3, 0.4) is 0 Å². The highest BCUT2D eigenvalue weighted by Crippen LogP contribution is 2.22. The minimum atomic E-state index is 0.422. The van der Waals surface area contributed by atoms with Gasteiger partial charge in [-0.1, -0.05) is 24.3 Å². The number of benzene rings is 1. The van der Waals surface area contributed by atoms with E-state index in [-0.39, 0.29) is 0 Å². The molecule has 19 heavy (non-hydrogen) atoms. The Bertz CT molecular complexity index is 602. The minimum absolute atomic E-state index is 0.422.